The van der Waals surface area contributed by atoms with Gasteiger partial charge in [-0.15, -0.1) is 0 Å². The van der Waals surface area contributed by atoms with Gasteiger partial charge < -0.3 is 4.74 Å². The standard InChI is InChI=1S/C11H13F3N2O4S/c1-16(2)21(18,19)9-5-3-8(4-6-9)15-10(17)20-7-11(12,13)14/h3-6H,7H2,1-2H3,(H,15,17). The predicted octanol–water partition coefficient (Wildman–Crippen LogP) is 2.05. The number of nitrogens with zero attached hydrogens (tertiary/aromatic N) is 1. The summed E-state index contributed by atoms with van der Waals surface area (Å²) >= 11 is 0. The van der Waals surface area contributed by atoms with Crippen LogP contribution < -0.4 is 5.32 Å². The van der Waals surface area contributed by atoms with Gasteiger partial charge in [-0.05, 0) is 24.3 Å². The Bertz CT molecular complexity index is 597. The van der Waals surface area contributed by atoms with Crippen LogP contribution in [0.15, 0.2) is 29.2 Å². The van der Waals surface area contributed by atoms with Crippen LogP contribution in [0.25, 0.3) is 0 Å². The molecule has 0 heterocycles. The molecule has 6 nitrogen and oxygen atoms in total. The van der Waals surface area contributed by atoms with Crippen molar-refractivity contribution in [1.29, 1.82) is 0 Å². The number of rotatable bonds is 4. The molecule has 21 heavy (non-hydrogen) atoms. The molecular weight excluding hydrogens is 313 g/mol. The number of nitrogens with one attached hydrogen (secondary N) is 1. The maximum absolute atomic E-state index is 11.8. The van der Waals surface area contributed by atoms with E-state index < -0.39 is 28.9 Å². The molecule has 0 aliphatic heterocycles. The number of benzene rings is 1. The van der Waals surface area contributed by atoms with Crippen LogP contribution in [0.3, 0.4) is 0 Å². The molecule has 0 radical (unpaired) electrons. The number of ether oxygens (including phenoxy) is 1. The highest BCUT2D eigenvalue weighted by molar-refractivity contribution is 7.89. The van der Waals surface area contributed by atoms with E-state index in [2.05, 4.69) is 10.1 Å². The van der Waals surface area contributed by atoms with Gasteiger partial charge in [-0.1, -0.05) is 0 Å². The van der Waals surface area contributed by atoms with Crippen molar-refractivity contribution in [3.63, 3.8) is 0 Å². The molecule has 1 N–H and O–H groups in total. The van der Waals surface area contributed by atoms with Gasteiger partial charge in [-0.2, -0.15) is 13.2 Å². The van der Waals surface area contributed by atoms with Gasteiger partial charge in [0.25, 0.3) is 0 Å². The van der Waals surface area contributed by atoms with Crippen molar-refractivity contribution in [1.82, 2.24) is 4.31 Å². The zero-order chi connectivity index (χ0) is 16.3. The number of hydrogen-bond donors (Lipinski definition) is 1. The number of sulfonamides is 1. The van der Waals surface area contributed by atoms with E-state index in [9.17, 15) is 26.4 Å². The summed E-state index contributed by atoms with van der Waals surface area (Å²) in [7, 11) is -0.897. The van der Waals surface area contributed by atoms with Crippen LogP contribution in [-0.4, -0.2) is 45.7 Å². The third kappa shape index (κ3) is 5.23. The van der Waals surface area contributed by atoms with Crippen LogP contribution >= 0.6 is 0 Å². The summed E-state index contributed by atoms with van der Waals surface area (Å²) in [6, 6.07) is 4.92. The van der Waals surface area contributed by atoms with Crippen molar-refractivity contribution < 1.29 is 31.1 Å². The van der Waals surface area contributed by atoms with E-state index in [1.54, 1.807) is 0 Å². The minimum atomic E-state index is -4.61. The van der Waals surface area contributed by atoms with Crippen molar-refractivity contribution in [3.05, 3.63) is 24.3 Å². The molecule has 1 rings (SSSR count). The van der Waals surface area contributed by atoms with Crippen LogP contribution in [-0.2, 0) is 14.8 Å². The third-order valence-corrected chi connectivity index (χ3v) is 4.08. The summed E-state index contributed by atoms with van der Waals surface area (Å²) in [5.41, 5.74) is 0.111. The van der Waals surface area contributed by atoms with E-state index in [-0.39, 0.29) is 10.6 Å². The van der Waals surface area contributed by atoms with Gasteiger partial charge in [-0.25, -0.2) is 17.5 Å². The Hall–Kier alpha value is -1.81. The number of carbonyl (C=O) groups is 1. The summed E-state index contributed by atoms with van der Waals surface area (Å²) in [4.78, 5) is 11.1. The maximum atomic E-state index is 11.8. The number of amides is 1. The molecule has 0 atom stereocenters. The van der Waals surface area contributed by atoms with Crippen LogP contribution in [0.5, 0.6) is 0 Å². The van der Waals surface area contributed by atoms with E-state index in [1.807, 2.05) is 0 Å². The van der Waals surface area contributed by atoms with Gasteiger partial charge in [0.15, 0.2) is 6.61 Å². The summed E-state index contributed by atoms with van der Waals surface area (Å²) in [6.45, 7) is -1.70. The molecule has 0 aliphatic rings. The fourth-order valence-electron chi connectivity index (χ4n) is 1.22. The normalized spacial score (nSPS) is 12.3. The first kappa shape index (κ1) is 17.2. The Labute approximate surface area is 119 Å². The molecule has 0 bridgehead atoms. The van der Waals surface area contributed by atoms with Gasteiger partial charge in [0, 0.05) is 19.8 Å². The fraction of sp³-hybridized carbons (Fsp3) is 0.364. The second-order valence-corrected chi connectivity index (χ2v) is 6.28. The lowest BCUT2D eigenvalue weighted by Gasteiger charge is -2.12. The average molecular weight is 326 g/mol. The van der Waals surface area contributed by atoms with Crippen LogP contribution in [0.4, 0.5) is 23.7 Å². The van der Waals surface area contributed by atoms with Crippen molar-refractivity contribution >= 4 is 21.8 Å². The SMILES string of the molecule is CN(C)S(=O)(=O)c1ccc(NC(=O)OCC(F)(F)F)cc1. The van der Waals surface area contributed by atoms with E-state index >= 15 is 0 Å². The molecule has 0 saturated carbocycles. The number of halogens is 3. The molecule has 0 spiro atoms. The Morgan fingerprint density at radius 2 is 1.76 bits per heavy atom. The Balaban J connectivity index is 2.70. The van der Waals surface area contributed by atoms with Crippen molar-refractivity contribution in [2.45, 2.75) is 11.1 Å². The molecule has 10 heteroatoms. The molecule has 0 unspecified atom stereocenters. The molecule has 0 saturated heterocycles. The summed E-state index contributed by atoms with van der Waals surface area (Å²) in [6.07, 6.45) is -5.89. The van der Waals surface area contributed by atoms with Gasteiger partial charge in [-0.3, -0.25) is 5.32 Å². The van der Waals surface area contributed by atoms with Gasteiger partial charge in [0.1, 0.15) is 0 Å². The highest BCUT2D eigenvalue weighted by Crippen LogP contribution is 2.18. The predicted molar refractivity (Wildman–Crippen MR) is 68.3 cm³/mol. The zero-order valence-corrected chi connectivity index (χ0v) is 12.0. The van der Waals surface area contributed by atoms with Crippen molar-refractivity contribution in [2.75, 3.05) is 26.0 Å². The molecule has 0 fully saturated rings. The topological polar surface area (TPSA) is 75.7 Å². The quantitative estimate of drug-likeness (QED) is 0.919. The number of hydrogen-bond acceptors (Lipinski definition) is 4. The first-order valence-corrected chi connectivity index (χ1v) is 6.99. The molecule has 0 aromatic heterocycles. The van der Waals surface area contributed by atoms with E-state index in [0.717, 1.165) is 4.31 Å². The van der Waals surface area contributed by atoms with Crippen LogP contribution in [0.2, 0.25) is 0 Å². The lowest BCUT2D eigenvalue weighted by Crippen LogP contribution is -2.23. The van der Waals surface area contributed by atoms with Crippen molar-refractivity contribution in [2.24, 2.45) is 0 Å². The zero-order valence-electron chi connectivity index (χ0n) is 11.1. The maximum Gasteiger partial charge on any atom is 0.422 e. The minimum Gasteiger partial charge on any atom is -0.440 e. The highest BCUT2D eigenvalue weighted by atomic mass is 32.2. The monoisotopic (exact) mass is 326 g/mol. The number of alkyl halides is 3. The molecule has 0 aliphatic carbocycles. The van der Waals surface area contributed by atoms with Gasteiger partial charge in [0.05, 0.1) is 4.90 Å². The second-order valence-electron chi connectivity index (χ2n) is 4.13. The second kappa shape index (κ2) is 6.31. The Kier molecular flexibility index (Phi) is 5.18. The Morgan fingerprint density at radius 1 is 1.24 bits per heavy atom. The first-order chi connectivity index (χ1) is 9.52. The molecule has 1 aromatic rings. The van der Waals surface area contributed by atoms with E-state index in [1.165, 1.54) is 38.4 Å². The van der Waals surface area contributed by atoms with Gasteiger partial charge in [0.2, 0.25) is 10.0 Å². The smallest absolute Gasteiger partial charge is 0.422 e. The summed E-state index contributed by atoms with van der Waals surface area (Å²) in [5.74, 6) is 0. The van der Waals surface area contributed by atoms with Gasteiger partial charge >= 0.3 is 12.3 Å². The molecule has 118 valence electrons. The third-order valence-electron chi connectivity index (χ3n) is 2.25. The highest BCUT2D eigenvalue weighted by Gasteiger charge is 2.29. The van der Waals surface area contributed by atoms with Crippen LogP contribution in [0.1, 0.15) is 0 Å². The van der Waals surface area contributed by atoms with E-state index in [0.29, 0.717) is 0 Å². The molecule has 1 amide bonds. The largest absolute Gasteiger partial charge is 0.440 e. The average Bonchev–Trinajstić information content (AvgIpc) is 2.36. The molecular formula is C11H13F3N2O4S. The Morgan fingerprint density at radius 3 is 2.19 bits per heavy atom. The summed E-state index contributed by atoms with van der Waals surface area (Å²) < 4.78 is 64.0. The number of carbonyl (C=O) groups excluding carboxylic acids is 1. The van der Waals surface area contributed by atoms with E-state index in [4.69, 9.17) is 0 Å². The summed E-state index contributed by atoms with van der Waals surface area (Å²) in [5, 5.41) is 2.05. The van der Waals surface area contributed by atoms with Crippen LogP contribution in [0, 0.1) is 0 Å². The first-order valence-electron chi connectivity index (χ1n) is 5.55. The lowest BCUT2D eigenvalue weighted by atomic mass is 10.3. The fourth-order valence-corrected chi connectivity index (χ4v) is 2.12. The molecule has 1 aromatic carbocycles. The minimum absolute atomic E-state index is 0.0123. The number of anilines is 1. The lowest BCUT2D eigenvalue weighted by molar-refractivity contribution is -0.159. The van der Waals surface area contributed by atoms with Crippen molar-refractivity contribution in [3.8, 4) is 0 Å².